The average Bonchev–Trinajstić information content (AvgIpc) is 2.96. The number of rotatable bonds is 5. The van der Waals surface area contributed by atoms with Crippen LogP contribution in [0.25, 0.3) is 11.1 Å². The summed E-state index contributed by atoms with van der Waals surface area (Å²) in [5, 5.41) is 0.513. The summed E-state index contributed by atoms with van der Waals surface area (Å²) in [5.74, 6) is -0.0280. The number of nitrogens with zero attached hydrogens (tertiary/aromatic N) is 1. The van der Waals surface area contributed by atoms with Crippen LogP contribution in [0.5, 0.6) is 5.75 Å². The molecule has 1 aromatic carbocycles. The van der Waals surface area contributed by atoms with Crippen molar-refractivity contribution in [2.75, 3.05) is 7.11 Å². The standard InChI is InChI=1S/C17H17ClN2O4/c1-3-5-10-8-20(16(21)14-15(10)24-17(22)19-14)9-11-12(18)6-4-7-13(11)23-2/h4,6-8H,3,5,9H2,1-2H3,(H,19,22). The van der Waals surface area contributed by atoms with Gasteiger partial charge in [-0.1, -0.05) is 31.0 Å². The van der Waals surface area contributed by atoms with E-state index in [2.05, 4.69) is 4.98 Å². The number of H-pyrrole nitrogens is 1. The van der Waals surface area contributed by atoms with Crippen molar-refractivity contribution >= 4 is 22.7 Å². The molecule has 0 unspecified atom stereocenters. The summed E-state index contributed by atoms with van der Waals surface area (Å²) in [5.41, 5.74) is 1.68. The van der Waals surface area contributed by atoms with Crippen LogP contribution >= 0.6 is 11.6 Å². The van der Waals surface area contributed by atoms with E-state index in [1.54, 1.807) is 31.5 Å². The van der Waals surface area contributed by atoms with Gasteiger partial charge in [0.05, 0.1) is 13.7 Å². The molecule has 2 heterocycles. The molecule has 0 atom stereocenters. The first-order valence-electron chi connectivity index (χ1n) is 7.61. The lowest BCUT2D eigenvalue weighted by atomic mass is 10.1. The van der Waals surface area contributed by atoms with Gasteiger partial charge in [-0.05, 0) is 18.6 Å². The number of aromatic amines is 1. The fourth-order valence-electron chi connectivity index (χ4n) is 2.77. The summed E-state index contributed by atoms with van der Waals surface area (Å²) in [6, 6.07) is 5.32. The van der Waals surface area contributed by atoms with Crippen LogP contribution in [0.1, 0.15) is 24.5 Å². The van der Waals surface area contributed by atoms with Gasteiger partial charge >= 0.3 is 5.76 Å². The molecule has 0 aliphatic rings. The number of benzene rings is 1. The lowest BCUT2D eigenvalue weighted by molar-refractivity contribution is 0.408. The van der Waals surface area contributed by atoms with E-state index in [1.807, 2.05) is 6.92 Å². The van der Waals surface area contributed by atoms with Crippen molar-refractivity contribution in [3.05, 3.63) is 61.4 Å². The maximum atomic E-state index is 12.7. The smallest absolute Gasteiger partial charge is 0.417 e. The Bertz CT molecular complexity index is 1000. The highest BCUT2D eigenvalue weighted by Gasteiger charge is 2.16. The van der Waals surface area contributed by atoms with Gasteiger partial charge in [0.1, 0.15) is 5.75 Å². The normalized spacial score (nSPS) is 11.1. The second kappa shape index (κ2) is 6.57. The maximum Gasteiger partial charge on any atom is 0.417 e. The molecular formula is C17H17ClN2O4. The number of aryl methyl sites for hydroxylation is 1. The van der Waals surface area contributed by atoms with E-state index >= 15 is 0 Å². The number of methoxy groups -OCH3 is 1. The molecule has 3 aromatic rings. The first kappa shape index (κ1) is 16.4. The minimum Gasteiger partial charge on any atom is -0.496 e. The minimum atomic E-state index is -0.632. The van der Waals surface area contributed by atoms with Crippen LogP contribution in [0.2, 0.25) is 5.02 Å². The van der Waals surface area contributed by atoms with E-state index in [0.29, 0.717) is 28.3 Å². The SMILES string of the molecule is CCCc1cn(Cc2c(Cl)cccc2OC)c(=O)c2[nH]c(=O)oc12. The molecule has 0 saturated heterocycles. The van der Waals surface area contributed by atoms with E-state index in [-0.39, 0.29) is 17.6 Å². The fraction of sp³-hybridized carbons (Fsp3) is 0.294. The van der Waals surface area contributed by atoms with Crippen molar-refractivity contribution in [1.82, 2.24) is 9.55 Å². The van der Waals surface area contributed by atoms with Gasteiger partial charge in [0, 0.05) is 22.3 Å². The zero-order valence-electron chi connectivity index (χ0n) is 13.4. The summed E-state index contributed by atoms with van der Waals surface area (Å²) < 4.78 is 12.0. The number of hydrogen-bond acceptors (Lipinski definition) is 4. The third-order valence-electron chi connectivity index (χ3n) is 3.87. The molecule has 0 fully saturated rings. The molecule has 0 aliphatic carbocycles. The Labute approximate surface area is 142 Å². The zero-order valence-corrected chi connectivity index (χ0v) is 14.1. The second-order valence-corrected chi connectivity index (χ2v) is 5.88. The number of hydrogen-bond donors (Lipinski definition) is 1. The third-order valence-corrected chi connectivity index (χ3v) is 4.22. The predicted molar refractivity (Wildman–Crippen MR) is 92.2 cm³/mol. The van der Waals surface area contributed by atoms with Gasteiger partial charge in [-0.2, -0.15) is 0 Å². The maximum absolute atomic E-state index is 12.7. The Hall–Kier alpha value is -2.47. The van der Waals surface area contributed by atoms with E-state index < -0.39 is 5.76 Å². The zero-order chi connectivity index (χ0) is 17.3. The van der Waals surface area contributed by atoms with Gasteiger partial charge in [-0.3, -0.25) is 9.78 Å². The van der Waals surface area contributed by atoms with Crippen LogP contribution < -0.4 is 16.1 Å². The largest absolute Gasteiger partial charge is 0.496 e. The van der Waals surface area contributed by atoms with Crippen LogP contribution in [0.4, 0.5) is 0 Å². The third kappa shape index (κ3) is 2.85. The summed E-state index contributed by atoms with van der Waals surface area (Å²) in [6.07, 6.45) is 3.27. The van der Waals surface area contributed by atoms with Gasteiger partial charge in [0.2, 0.25) is 0 Å². The lowest BCUT2D eigenvalue weighted by Crippen LogP contribution is -2.22. The fourth-order valence-corrected chi connectivity index (χ4v) is 3.00. The summed E-state index contributed by atoms with van der Waals surface area (Å²) >= 11 is 6.26. The molecular weight excluding hydrogens is 332 g/mol. The highest BCUT2D eigenvalue weighted by Crippen LogP contribution is 2.27. The monoisotopic (exact) mass is 348 g/mol. The van der Waals surface area contributed by atoms with Crippen LogP contribution in [0, 0.1) is 0 Å². The highest BCUT2D eigenvalue weighted by atomic mass is 35.5. The van der Waals surface area contributed by atoms with Crippen molar-refractivity contribution in [3.8, 4) is 5.75 Å². The van der Waals surface area contributed by atoms with Gasteiger partial charge in [-0.15, -0.1) is 0 Å². The number of nitrogens with one attached hydrogen (secondary N) is 1. The number of fused-ring (bicyclic) bond motifs is 1. The Morgan fingerprint density at radius 1 is 1.33 bits per heavy atom. The molecule has 0 radical (unpaired) electrons. The molecule has 0 saturated carbocycles. The van der Waals surface area contributed by atoms with Crippen LogP contribution in [-0.2, 0) is 13.0 Å². The highest BCUT2D eigenvalue weighted by molar-refractivity contribution is 6.31. The Morgan fingerprint density at radius 2 is 2.12 bits per heavy atom. The predicted octanol–water partition coefficient (Wildman–Crippen LogP) is 2.95. The lowest BCUT2D eigenvalue weighted by Gasteiger charge is -2.13. The molecule has 6 nitrogen and oxygen atoms in total. The first-order valence-corrected chi connectivity index (χ1v) is 7.99. The van der Waals surface area contributed by atoms with E-state index in [9.17, 15) is 9.59 Å². The molecule has 2 aromatic heterocycles. The van der Waals surface area contributed by atoms with Gasteiger partial charge < -0.3 is 13.7 Å². The Morgan fingerprint density at radius 3 is 2.83 bits per heavy atom. The average molecular weight is 349 g/mol. The molecule has 0 aliphatic heterocycles. The van der Waals surface area contributed by atoms with Crippen molar-refractivity contribution in [1.29, 1.82) is 0 Å². The molecule has 0 spiro atoms. The summed E-state index contributed by atoms with van der Waals surface area (Å²) in [4.78, 5) is 26.6. The molecule has 24 heavy (non-hydrogen) atoms. The molecule has 0 bridgehead atoms. The van der Waals surface area contributed by atoms with Crippen molar-refractivity contribution < 1.29 is 9.15 Å². The van der Waals surface area contributed by atoms with Gasteiger partial charge in [0.15, 0.2) is 11.1 Å². The number of halogens is 1. The number of aromatic nitrogens is 2. The topological polar surface area (TPSA) is 77.2 Å². The number of oxazole rings is 1. The molecule has 3 rings (SSSR count). The molecule has 0 amide bonds. The van der Waals surface area contributed by atoms with Gasteiger partial charge in [-0.25, -0.2) is 4.79 Å². The first-order chi connectivity index (χ1) is 11.5. The van der Waals surface area contributed by atoms with E-state index in [1.165, 1.54) is 4.57 Å². The van der Waals surface area contributed by atoms with Crippen molar-refractivity contribution in [2.24, 2.45) is 0 Å². The molecule has 1 N–H and O–H groups in total. The number of ether oxygens (including phenoxy) is 1. The quantitative estimate of drug-likeness (QED) is 0.769. The van der Waals surface area contributed by atoms with Crippen molar-refractivity contribution in [3.63, 3.8) is 0 Å². The molecule has 7 heteroatoms. The van der Waals surface area contributed by atoms with Crippen molar-refractivity contribution in [2.45, 2.75) is 26.3 Å². The Balaban J connectivity index is 2.19. The summed E-state index contributed by atoms with van der Waals surface area (Å²) in [6.45, 7) is 2.25. The van der Waals surface area contributed by atoms with Crippen LogP contribution in [0.3, 0.4) is 0 Å². The second-order valence-electron chi connectivity index (χ2n) is 5.48. The number of pyridine rings is 1. The van der Waals surface area contributed by atoms with Crippen LogP contribution in [0.15, 0.2) is 38.4 Å². The summed E-state index contributed by atoms with van der Waals surface area (Å²) in [7, 11) is 1.55. The van der Waals surface area contributed by atoms with E-state index in [4.69, 9.17) is 20.8 Å². The van der Waals surface area contributed by atoms with Gasteiger partial charge in [0.25, 0.3) is 5.56 Å². The van der Waals surface area contributed by atoms with E-state index in [0.717, 1.165) is 12.0 Å². The molecule has 126 valence electrons. The Kier molecular flexibility index (Phi) is 4.49. The van der Waals surface area contributed by atoms with Crippen LogP contribution in [-0.4, -0.2) is 16.7 Å². The minimum absolute atomic E-state index is 0.178.